The molecule has 9 heteroatoms. The summed E-state index contributed by atoms with van der Waals surface area (Å²) in [7, 11) is -3.88. The van der Waals surface area contributed by atoms with Crippen molar-refractivity contribution in [2.24, 2.45) is 0 Å². The van der Waals surface area contributed by atoms with Gasteiger partial charge in [0.2, 0.25) is 0 Å². The number of aryl methyl sites for hydroxylation is 1. The van der Waals surface area contributed by atoms with Crippen LogP contribution in [-0.2, 0) is 19.0 Å². The Labute approximate surface area is 181 Å². The molecular formula is C22H22N4O4S. The Morgan fingerprint density at radius 1 is 1.13 bits per heavy atom. The zero-order chi connectivity index (χ0) is 22.0. The predicted octanol–water partition coefficient (Wildman–Crippen LogP) is 2.81. The van der Waals surface area contributed by atoms with Crippen molar-refractivity contribution in [2.45, 2.75) is 31.0 Å². The first-order chi connectivity index (χ1) is 14.9. The molecule has 0 unspecified atom stereocenters. The van der Waals surface area contributed by atoms with Crippen LogP contribution in [0.5, 0.6) is 0 Å². The summed E-state index contributed by atoms with van der Waals surface area (Å²) in [5.41, 5.74) is 3.41. The van der Waals surface area contributed by atoms with Gasteiger partial charge >= 0.3 is 0 Å². The van der Waals surface area contributed by atoms with E-state index in [0.717, 1.165) is 11.3 Å². The maximum atomic E-state index is 12.5. The molecule has 1 aliphatic rings. The first-order valence-corrected chi connectivity index (χ1v) is 11.3. The molecule has 2 aromatic carbocycles. The van der Waals surface area contributed by atoms with E-state index >= 15 is 0 Å². The highest BCUT2D eigenvalue weighted by Crippen LogP contribution is 2.29. The minimum atomic E-state index is -3.88. The molecule has 3 aromatic rings. The van der Waals surface area contributed by atoms with Gasteiger partial charge in [-0.2, -0.15) is 13.7 Å². The van der Waals surface area contributed by atoms with Crippen LogP contribution in [0, 0.1) is 18.3 Å². The number of morpholine rings is 1. The van der Waals surface area contributed by atoms with Gasteiger partial charge in [-0.05, 0) is 38.1 Å². The van der Waals surface area contributed by atoms with E-state index in [1.165, 1.54) is 12.1 Å². The highest BCUT2D eigenvalue weighted by atomic mass is 32.2. The molecule has 1 saturated heterocycles. The number of nitriles is 1. The number of rotatable bonds is 5. The topological polar surface area (TPSA) is 105 Å². The zero-order valence-electron chi connectivity index (χ0n) is 17.2. The number of nitrogens with zero attached hydrogens (tertiary/aromatic N) is 4. The molecule has 0 bridgehead atoms. The molecule has 1 fully saturated rings. The molecule has 0 saturated carbocycles. The molecule has 0 radical (unpaired) electrons. The lowest BCUT2D eigenvalue weighted by Gasteiger charge is -2.38. The minimum absolute atomic E-state index is 0.100. The number of benzene rings is 2. The van der Waals surface area contributed by atoms with Gasteiger partial charge in [0.05, 0.1) is 28.9 Å². The summed E-state index contributed by atoms with van der Waals surface area (Å²) >= 11 is 0. The summed E-state index contributed by atoms with van der Waals surface area (Å²) in [6, 6.07) is 12.2. The molecule has 0 amide bonds. The third kappa shape index (κ3) is 4.51. The van der Waals surface area contributed by atoms with E-state index in [1.54, 1.807) is 30.6 Å². The zero-order valence-corrected chi connectivity index (χ0v) is 18.0. The van der Waals surface area contributed by atoms with Crippen molar-refractivity contribution in [3.8, 4) is 6.07 Å². The van der Waals surface area contributed by atoms with E-state index in [4.69, 9.17) is 8.92 Å². The number of fused-ring (bicyclic) bond motifs is 1. The Bertz CT molecular complexity index is 1240. The molecule has 2 heterocycles. The van der Waals surface area contributed by atoms with Crippen LogP contribution in [0.25, 0.3) is 11.0 Å². The molecule has 160 valence electrons. The van der Waals surface area contributed by atoms with Crippen LogP contribution in [0.4, 0.5) is 5.69 Å². The second-order valence-corrected chi connectivity index (χ2v) is 9.14. The highest BCUT2D eigenvalue weighted by molar-refractivity contribution is 7.86. The molecule has 2 atom stereocenters. The average Bonchev–Trinajstić information content (AvgIpc) is 2.77. The summed E-state index contributed by atoms with van der Waals surface area (Å²) in [4.78, 5) is 10.9. The Morgan fingerprint density at radius 3 is 2.55 bits per heavy atom. The summed E-state index contributed by atoms with van der Waals surface area (Å²) in [6.45, 7) is 4.73. The van der Waals surface area contributed by atoms with Crippen LogP contribution >= 0.6 is 0 Å². The second-order valence-electron chi connectivity index (χ2n) is 7.52. The second kappa shape index (κ2) is 8.59. The first kappa shape index (κ1) is 21.2. The van der Waals surface area contributed by atoms with Gasteiger partial charge in [0.1, 0.15) is 23.2 Å². The quantitative estimate of drug-likeness (QED) is 0.560. The molecule has 0 spiro atoms. The Balaban J connectivity index is 1.54. The maximum Gasteiger partial charge on any atom is 0.297 e. The fraction of sp³-hybridized carbons (Fsp3) is 0.318. The summed E-state index contributed by atoms with van der Waals surface area (Å²) in [5, 5.41) is 9.35. The van der Waals surface area contributed by atoms with E-state index in [2.05, 4.69) is 20.9 Å². The molecular weight excluding hydrogens is 416 g/mol. The molecule has 8 nitrogen and oxygen atoms in total. The fourth-order valence-electron chi connectivity index (χ4n) is 3.66. The van der Waals surface area contributed by atoms with Crippen LogP contribution < -0.4 is 4.90 Å². The first-order valence-electron chi connectivity index (χ1n) is 9.87. The summed E-state index contributed by atoms with van der Waals surface area (Å²) in [5.74, 6) is 0. The lowest BCUT2D eigenvalue weighted by Crippen LogP contribution is -2.48. The van der Waals surface area contributed by atoms with E-state index in [9.17, 15) is 13.7 Å². The normalized spacial score (nSPS) is 19.3. The van der Waals surface area contributed by atoms with Crippen LogP contribution in [0.15, 0.2) is 53.7 Å². The van der Waals surface area contributed by atoms with Crippen LogP contribution in [0.1, 0.15) is 18.1 Å². The van der Waals surface area contributed by atoms with E-state index in [0.29, 0.717) is 29.7 Å². The van der Waals surface area contributed by atoms with Gasteiger partial charge in [0, 0.05) is 25.5 Å². The Kier molecular flexibility index (Phi) is 5.87. The van der Waals surface area contributed by atoms with E-state index < -0.39 is 16.2 Å². The smallest absolute Gasteiger partial charge is 0.297 e. The number of ether oxygens (including phenoxy) is 1. The van der Waals surface area contributed by atoms with E-state index in [-0.39, 0.29) is 17.6 Å². The van der Waals surface area contributed by atoms with Crippen molar-refractivity contribution >= 4 is 26.8 Å². The van der Waals surface area contributed by atoms with Gasteiger partial charge < -0.3 is 9.64 Å². The van der Waals surface area contributed by atoms with Crippen LogP contribution in [-0.4, -0.2) is 50.3 Å². The van der Waals surface area contributed by atoms with Crippen molar-refractivity contribution in [3.05, 3.63) is 59.9 Å². The maximum absolute atomic E-state index is 12.5. The molecule has 0 aliphatic carbocycles. The molecule has 31 heavy (non-hydrogen) atoms. The summed E-state index contributed by atoms with van der Waals surface area (Å²) < 4.78 is 36.3. The molecule has 0 N–H and O–H groups in total. The van der Waals surface area contributed by atoms with Gasteiger partial charge in [-0.25, -0.2) is 0 Å². The van der Waals surface area contributed by atoms with Gasteiger partial charge in [-0.1, -0.05) is 17.7 Å². The standard InChI is InChI=1S/C22H22N4O4S/c1-15-3-6-19(7-4-15)31(27,28)29-14-18-13-26(12-16(2)30-18)20-8-5-17(11-23)21-22(20)25-10-9-24-21/h3-10,16,18H,12-14H2,1-2H3/t16-,18-/m1/s1. The Morgan fingerprint density at radius 2 is 1.84 bits per heavy atom. The van der Waals surface area contributed by atoms with Crippen LogP contribution in [0.2, 0.25) is 0 Å². The average molecular weight is 439 g/mol. The number of hydrogen-bond acceptors (Lipinski definition) is 8. The van der Waals surface area contributed by atoms with Crippen molar-refractivity contribution in [2.75, 3.05) is 24.6 Å². The predicted molar refractivity (Wildman–Crippen MR) is 115 cm³/mol. The van der Waals surface area contributed by atoms with Crippen molar-refractivity contribution in [1.29, 1.82) is 5.26 Å². The lowest BCUT2D eigenvalue weighted by molar-refractivity contribution is -0.0359. The van der Waals surface area contributed by atoms with Crippen molar-refractivity contribution in [3.63, 3.8) is 0 Å². The molecule has 1 aromatic heterocycles. The van der Waals surface area contributed by atoms with Crippen LogP contribution in [0.3, 0.4) is 0 Å². The van der Waals surface area contributed by atoms with Crippen molar-refractivity contribution < 1.29 is 17.3 Å². The summed E-state index contributed by atoms with van der Waals surface area (Å²) in [6.07, 6.45) is 2.55. The third-order valence-corrected chi connectivity index (χ3v) is 6.41. The lowest BCUT2D eigenvalue weighted by atomic mass is 10.1. The van der Waals surface area contributed by atoms with Gasteiger partial charge in [0.25, 0.3) is 10.1 Å². The van der Waals surface area contributed by atoms with Crippen molar-refractivity contribution in [1.82, 2.24) is 9.97 Å². The largest absolute Gasteiger partial charge is 0.369 e. The number of anilines is 1. The third-order valence-electron chi connectivity index (χ3n) is 5.11. The molecule has 4 rings (SSSR count). The van der Waals surface area contributed by atoms with Gasteiger partial charge in [-0.15, -0.1) is 0 Å². The monoisotopic (exact) mass is 438 g/mol. The van der Waals surface area contributed by atoms with Gasteiger partial charge in [-0.3, -0.25) is 14.2 Å². The fourth-order valence-corrected chi connectivity index (χ4v) is 4.60. The highest BCUT2D eigenvalue weighted by Gasteiger charge is 2.29. The SMILES string of the molecule is Cc1ccc(S(=O)(=O)OC[C@H]2CN(c3ccc(C#N)c4nccnc34)C[C@@H](C)O2)cc1. The number of hydrogen-bond donors (Lipinski definition) is 0. The number of aromatic nitrogens is 2. The van der Waals surface area contributed by atoms with E-state index in [1.807, 2.05) is 19.9 Å². The Hall–Kier alpha value is -3.06. The molecule has 1 aliphatic heterocycles. The minimum Gasteiger partial charge on any atom is -0.369 e. The van der Waals surface area contributed by atoms with Gasteiger partial charge in [0.15, 0.2) is 0 Å².